The minimum absolute atomic E-state index is 0.143. The van der Waals surface area contributed by atoms with Crippen molar-refractivity contribution in [2.24, 2.45) is 0 Å². The van der Waals surface area contributed by atoms with E-state index in [-0.39, 0.29) is 5.57 Å². The average Bonchev–Trinajstić information content (AvgIpc) is 3.08. The van der Waals surface area contributed by atoms with Crippen molar-refractivity contribution in [3.8, 4) is 17.2 Å². The monoisotopic (exact) mass is 685 g/mol. The van der Waals surface area contributed by atoms with Gasteiger partial charge in [-0.25, -0.2) is 4.79 Å². The van der Waals surface area contributed by atoms with Crippen LogP contribution >= 0.6 is 0 Å². The number of hydrogen-bond acceptors (Lipinski definition) is 6. The zero-order chi connectivity index (χ0) is 35.4. The highest BCUT2D eigenvalue weighted by molar-refractivity contribution is 6.31. The molecule has 0 spiro atoms. The van der Waals surface area contributed by atoms with Gasteiger partial charge in [-0.3, -0.25) is 20.2 Å². The Bertz CT molecular complexity index is 1040. The molecule has 2 rings (SSSR count). The fourth-order valence-electron chi connectivity index (χ4n) is 6.06. The second kappa shape index (κ2) is 27.8. The van der Waals surface area contributed by atoms with Crippen LogP contribution in [0.5, 0.6) is 17.2 Å². The molecule has 2 N–H and O–H groups in total. The van der Waals surface area contributed by atoms with Crippen molar-refractivity contribution in [2.75, 3.05) is 19.8 Å². The van der Waals surface area contributed by atoms with Crippen LogP contribution < -0.4 is 24.8 Å². The molecule has 0 aliphatic carbocycles. The second-order valence-electron chi connectivity index (χ2n) is 13.6. The van der Waals surface area contributed by atoms with Gasteiger partial charge < -0.3 is 14.2 Å². The lowest BCUT2D eigenvalue weighted by atomic mass is 10.1. The van der Waals surface area contributed by atoms with E-state index in [0.29, 0.717) is 42.6 Å². The molecule has 0 radical (unpaired) electrons. The third-order valence-electron chi connectivity index (χ3n) is 9.05. The first kappa shape index (κ1) is 42.1. The number of carbonyl (C=O) groups excluding carboxylic acids is 3. The summed E-state index contributed by atoms with van der Waals surface area (Å²) in [6.07, 6.45) is 30.4. The van der Waals surface area contributed by atoms with E-state index < -0.39 is 17.8 Å². The molecule has 1 aromatic carbocycles. The van der Waals surface area contributed by atoms with E-state index in [1.165, 1.54) is 122 Å². The Morgan fingerprint density at radius 1 is 0.469 bits per heavy atom. The Morgan fingerprint density at radius 3 is 1.16 bits per heavy atom. The predicted molar refractivity (Wildman–Crippen MR) is 200 cm³/mol. The van der Waals surface area contributed by atoms with Crippen molar-refractivity contribution < 1.29 is 28.6 Å². The van der Waals surface area contributed by atoms with Gasteiger partial charge in [-0.1, -0.05) is 156 Å². The number of barbiturate groups is 1. The van der Waals surface area contributed by atoms with Gasteiger partial charge in [0.25, 0.3) is 11.8 Å². The molecule has 1 heterocycles. The van der Waals surface area contributed by atoms with E-state index in [1.54, 1.807) is 12.1 Å². The maximum Gasteiger partial charge on any atom is 0.328 e. The van der Waals surface area contributed by atoms with Crippen LogP contribution in [0.15, 0.2) is 17.7 Å². The molecule has 0 saturated carbocycles. The predicted octanol–water partition coefficient (Wildman–Crippen LogP) is 11.0. The molecule has 1 fully saturated rings. The lowest BCUT2D eigenvalue weighted by Crippen LogP contribution is -2.51. The number of amides is 4. The molecule has 1 aliphatic rings. The summed E-state index contributed by atoms with van der Waals surface area (Å²) in [7, 11) is 0. The van der Waals surface area contributed by atoms with Gasteiger partial charge in [0.2, 0.25) is 5.75 Å². The number of carbonyl (C=O) groups is 3. The molecule has 0 atom stereocenters. The van der Waals surface area contributed by atoms with Crippen molar-refractivity contribution in [3.63, 3.8) is 0 Å². The van der Waals surface area contributed by atoms with Crippen LogP contribution in [0, 0.1) is 0 Å². The van der Waals surface area contributed by atoms with Gasteiger partial charge in [0.05, 0.1) is 19.8 Å². The number of hydrogen-bond donors (Lipinski definition) is 2. The molecular formula is C41H68N2O6. The van der Waals surface area contributed by atoms with Crippen molar-refractivity contribution in [1.29, 1.82) is 0 Å². The van der Waals surface area contributed by atoms with Gasteiger partial charge in [-0.05, 0) is 43.0 Å². The van der Waals surface area contributed by atoms with Crippen molar-refractivity contribution >= 4 is 23.9 Å². The quantitative estimate of drug-likeness (QED) is 0.0458. The van der Waals surface area contributed by atoms with Gasteiger partial charge in [0.15, 0.2) is 11.5 Å². The molecule has 278 valence electrons. The summed E-state index contributed by atoms with van der Waals surface area (Å²) in [6, 6.07) is 2.79. The number of rotatable bonds is 31. The number of urea groups is 1. The molecule has 8 nitrogen and oxygen atoms in total. The maximum atomic E-state index is 12.5. The fraction of sp³-hybridized carbons (Fsp3) is 0.732. The third kappa shape index (κ3) is 19.1. The molecule has 1 aliphatic heterocycles. The van der Waals surface area contributed by atoms with E-state index in [4.69, 9.17) is 14.2 Å². The number of ether oxygens (including phenoxy) is 3. The highest BCUT2D eigenvalue weighted by atomic mass is 16.5. The maximum absolute atomic E-state index is 12.5. The van der Waals surface area contributed by atoms with E-state index in [2.05, 4.69) is 31.4 Å². The van der Waals surface area contributed by atoms with Crippen LogP contribution in [-0.2, 0) is 9.59 Å². The van der Waals surface area contributed by atoms with Crippen LogP contribution in [0.2, 0.25) is 0 Å². The number of benzene rings is 1. The molecule has 1 aromatic rings. The van der Waals surface area contributed by atoms with Crippen LogP contribution in [-0.4, -0.2) is 37.7 Å². The molecule has 1 saturated heterocycles. The summed E-state index contributed by atoms with van der Waals surface area (Å²) >= 11 is 0. The summed E-state index contributed by atoms with van der Waals surface area (Å²) in [5, 5.41) is 4.31. The van der Waals surface area contributed by atoms with E-state index in [0.717, 1.165) is 38.5 Å². The number of imide groups is 2. The first-order valence-electron chi connectivity index (χ1n) is 19.9. The smallest absolute Gasteiger partial charge is 0.328 e. The van der Waals surface area contributed by atoms with E-state index in [9.17, 15) is 14.4 Å². The van der Waals surface area contributed by atoms with Crippen molar-refractivity contribution in [3.05, 3.63) is 23.3 Å². The number of nitrogens with one attached hydrogen (secondary N) is 2. The summed E-state index contributed by atoms with van der Waals surface area (Å²) in [6.45, 7) is 8.36. The zero-order valence-electron chi connectivity index (χ0n) is 31.3. The summed E-state index contributed by atoms with van der Waals surface area (Å²) in [4.78, 5) is 36.7. The van der Waals surface area contributed by atoms with Gasteiger partial charge in [0, 0.05) is 0 Å². The Balaban J connectivity index is 2.16. The molecule has 0 bridgehead atoms. The van der Waals surface area contributed by atoms with Gasteiger partial charge in [-0.15, -0.1) is 0 Å². The van der Waals surface area contributed by atoms with Gasteiger partial charge in [-0.2, -0.15) is 0 Å². The van der Waals surface area contributed by atoms with E-state index >= 15 is 0 Å². The normalized spacial score (nSPS) is 13.0. The molecule has 0 unspecified atom stereocenters. The molecule has 49 heavy (non-hydrogen) atoms. The lowest BCUT2D eigenvalue weighted by Gasteiger charge is -2.19. The summed E-state index contributed by atoms with van der Waals surface area (Å²) in [5.41, 5.74) is 0.432. The molecule has 4 amide bonds. The zero-order valence-corrected chi connectivity index (χ0v) is 31.3. The molecule has 8 heteroatoms. The SMILES string of the molecule is CCCCCCCCCCOc1cc(C=C2C(=O)NC(=O)NC2=O)cc(OCCCCCCCCCC)c1OCCCCCCCCCC. The Kier molecular flexibility index (Phi) is 23.9. The largest absolute Gasteiger partial charge is 0.490 e. The number of unbranched alkanes of at least 4 members (excludes halogenated alkanes) is 21. The minimum Gasteiger partial charge on any atom is -0.490 e. The minimum atomic E-state index is -0.819. The van der Waals surface area contributed by atoms with Crippen LogP contribution in [0.1, 0.15) is 180 Å². The highest BCUT2D eigenvalue weighted by Crippen LogP contribution is 2.40. The summed E-state index contributed by atoms with van der Waals surface area (Å²) < 4.78 is 19.1. The fourth-order valence-corrected chi connectivity index (χ4v) is 6.06. The third-order valence-corrected chi connectivity index (χ3v) is 9.05. The molecular weight excluding hydrogens is 616 g/mol. The van der Waals surface area contributed by atoms with Crippen molar-refractivity contribution in [2.45, 2.75) is 175 Å². The Hall–Kier alpha value is -3.03. The van der Waals surface area contributed by atoms with Crippen LogP contribution in [0.4, 0.5) is 4.79 Å². The lowest BCUT2D eigenvalue weighted by molar-refractivity contribution is -0.123. The van der Waals surface area contributed by atoms with Gasteiger partial charge >= 0.3 is 6.03 Å². The van der Waals surface area contributed by atoms with E-state index in [1.807, 2.05) is 0 Å². The first-order valence-corrected chi connectivity index (χ1v) is 19.9. The standard InChI is InChI=1S/C41H68N2O6/c1-4-7-10-13-16-19-22-25-28-47-36-32-34(31-35-39(44)42-41(46)43-40(35)45)33-37(48-29-26-23-20-17-14-11-8-5-2)38(36)49-30-27-24-21-18-15-12-9-6-3/h31-33H,4-30H2,1-3H3,(H2,42,43,44,45,46). The molecule has 0 aromatic heterocycles. The van der Waals surface area contributed by atoms with Crippen molar-refractivity contribution in [1.82, 2.24) is 10.6 Å². The topological polar surface area (TPSA) is 103 Å². The van der Waals surface area contributed by atoms with Crippen LogP contribution in [0.25, 0.3) is 6.08 Å². The average molecular weight is 685 g/mol. The van der Waals surface area contributed by atoms with Crippen LogP contribution in [0.3, 0.4) is 0 Å². The Labute approximate surface area is 297 Å². The highest BCUT2D eigenvalue weighted by Gasteiger charge is 2.28. The Morgan fingerprint density at radius 2 is 0.796 bits per heavy atom. The first-order chi connectivity index (χ1) is 24.0. The second-order valence-corrected chi connectivity index (χ2v) is 13.6. The van der Waals surface area contributed by atoms with Gasteiger partial charge in [0.1, 0.15) is 5.57 Å². The summed E-state index contributed by atoms with van der Waals surface area (Å²) in [5.74, 6) is 0.223.